The van der Waals surface area contributed by atoms with Crippen molar-refractivity contribution in [2.45, 2.75) is 81.4 Å². The first-order chi connectivity index (χ1) is 53.4. The van der Waals surface area contributed by atoms with E-state index in [4.69, 9.17) is 77.7 Å². The van der Waals surface area contributed by atoms with Gasteiger partial charge in [0.2, 0.25) is 5.88 Å². The normalized spacial score (nSPS) is 12.6. The third-order valence-corrected chi connectivity index (χ3v) is 20.7. The predicted molar refractivity (Wildman–Crippen MR) is 420 cm³/mol. The number of ether oxygens (including phenoxy) is 4. The molecule has 110 heavy (non-hydrogen) atoms. The number of thiophene rings is 2. The van der Waals surface area contributed by atoms with Gasteiger partial charge in [-0.15, -0.1) is 47.9 Å². The van der Waals surface area contributed by atoms with Crippen molar-refractivity contribution in [3.8, 4) is 77.5 Å². The number of esters is 2. The molecule has 546 valence electrons. The van der Waals surface area contributed by atoms with Crippen LogP contribution in [0.2, 0.25) is 0 Å². The SMILES string of the molecule is C.C#Cc1cc2c(s1)C(c1ccccc1C)=NCc1c(COOCOCOC(=O)c3ncn4c3CN=C(c3ccccc3C)c3sc(C#C)cc3-4)ncn1-2.C#Cc1ccc2c(c1)C(c1ccccc1C)=NCc1c(OC(=O)COCOOCc3ncn4c3CN=C(c3ccccc3C)c3cc(C#CC)ccc3-4)ncn1-2. The summed E-state index contributed by atoms with van der Waals surface area (Å²) in [6.07, 6.45) is 24.0. The van der Waals surface area contributed by atoms with Gasteiger partial charge in [0, 0.05) is 44.5 Å². The molecule has 12 aromatic rings. The van der Waals surface area contributed by atoms with E-state index >= 15 is 0 Å². The predicted octanol–water partition coefficient (Wildman–Crippen LogP) is 14.1. The highest BCUT2D eigenvalue weighted by atomic mass is 32.1. The molecule has 0 atom stereocenters. The van der Waals surface area contributed by atoms with Gasteiger partial charge in [-0.1, -0.05) is 128 Å². The van der Waals surface area contributed by atoms with E-state index in [0.717, 1.165) is 143 Å². The van der Waals surface area contributed by atoms with Crippen LogP contribution in [0.25, 0.3) is 22.7 Å². The van der Waals surface area contributed by atoms with Gasteiger partial charge in [0.15, 0.2) is 26.1 Å². The first kappa shape index (κ1) is 74.1. The minimum atomic E-state index is -0.657. The largest absolute Gasteiger partial charge is 0.434 e. The van der Waals surface area contributed by atoms with Crippen molar-refractivity contribution in [3.63, 3.8) is 0 Å². The molecule has 22 nitrogen and oxygen atoms in total. The maximum atomic E-state index is 13.2. The van der Waals surface area contributed by atoms with E-state index in [0.29, 0.717) is 35.9 Å². The number of carbonyl (C=O) groups excluding carboxylic acids is 2. The Balaban J connectivity index is 0.000000182. The van der Waals surface area contributed by atoms with Crippen LogP contribution in [0.15, 0.2) is 191 Å². The Morgan fingerprint density at radius 3 is 1.41 bits per heavy atom. The molecule has 0 amide bonds. The van der Waals surface area contributed by atoms with Gasteiger partial charge < -0.3 is 23.5 Å². The Kier molecular flexibility index (Phi) is 22.3. The quantitative estimate of drug-likeness (QED) is 0.0173. The average Bonchev–Trinajstić information content (AvgIpc) is 1.63. The Morgan fingerprint density at radius 1 is 0.455 bits per heavy atom. The highest BCUT2D eigenvalue weighted by Crippen LogP contribution is 2.38. The first-order valence-electron chi connectivity index (χ1n) is 34.5. The molecule has 6 aromatic carbocycles. The van der Waals surface area contributed by atoms with Crippen LogP contribution in [0.4, 0.5) is 0 Å². The lowest BCUT2D eigenvalue weighted by Crippen LogP contribution is -2.18. The molecule has 0 fully saturated rings. The lowest BCUT2D eigenvalue weighted by atomic mass is 9.95. The number of imidazole rings is 4. The monoisotopic (exact) mass is 1490 g/mol. The van der Waals surface area contributed by atoms with Gasteiger partial charge in [-0.2, -0.15) is 0 Å². The molecule has 4 aliphatic rings. The van der Waals surface area contributed by atoms with E-state index in [9.17, 15) is 9.59 Å². The summed E-state index contributed by atoms with van der Waals surface area (Å²) in [5, 5.41) is 0. The van der Waals surface area contributed by atoms with Crippen molar-refractivity contribution >= 4 is 57.5 Å². The van der Waals surface area contributed by atoms with Crippen molar-refractivity contribution in [1.29, 1.82) is 0 Å². The molecule has 4 aliphatic heterocycles. The molecule has 10 heterocycles. The summed E-state index contributed by atoms with van der Waals surface area (Å²) in [6, 6.07) is 48.1. The molecule has 0 saturated heterocycles. The molecule has 0 saturated carbocycles. The number of benzene rings is 6. The summed E-state index contributed by atoms with van der Waals surface area (Å²) >= 11 is 3.00. The number of nitrogens with zero attached hydrogens (tertiary/aromatic N) is 12. The summed E-state index contributed by atoms with van der Waals surface area (Å²) < 4.78 is 29.6. The highest BCUT2D eigenvalue weighted by molar-refractivity contribution is 7.15. The number of hydrogen-bond donors (Lipinski definition) is 0. The Bertz CT molecular complexity index is 5920. The van der Waals surface area contributed by atoms with E-state index in [1.165, 1.54) is 22.7 Å². The maximum absolute atomic E-state index is 13.2. The maximum Gasteiger partial charge on any atom is 0.361 e. The first-order valence-corrected chi connectivity index (χ1v) is 36.1. The van der Waals surface area contributed by atoms with Gasteiger partial charge in [-0.25, -0.2) is 49.1 Å². The third-order valence-electron chi connectivity index (χ3n) is 18.6. The Morgan fingerprint density at radius 2 is 0.891 bits per heavy atom. The van der Waals surface area contributed by atoms with Crippen LogP contribution in [0, 0.1) is 76.6 Å². The standard InChI is InChI=1S/C45H36N6O5.C40H30N6O5S2.CH4/c1-5-11-32-17-19-38-36(21-32)44(34-15-10-8-13-30(34)4)46-22-40-37(48-26-50(38)40)24-54-55-28-53-25-42(52)56-45-41-23-47-43(33-14-9-7-12-29(33)3)35-20-31(6-2)16-18-39(35)51(41)27-49-45;1-5-26-15-31-38(52-26)35(28-13-9-7-11-24(28)3)41-17-33-30(43-20-45(31)33)19-50-51-23-48-22-49-40(47)37-34-18-42-36(29-14-10-8-12-25(29)4)39-32(46(34)21-44-37)16-27(6-2)53-39;/h2,7-10,12-21,26-27H,22-25,28H2,1,3-4H3;1-2,7-16,20-21H,17-19,22-23H2,3-4H3;1H4. The van der Waals surface area contributed by atoms with Crippen LogP contribution in [0.5, 0.6) is 5.88 Å². The molecular formula is C86H70N12O10S2. The zero-order valence-electron chi connectivity index (χ0n) is 59.7. The lowest BCUT2D eigenvalue weighted by molar-refractivity contribution is -0.350. The van der Waals surface area contributed by atoms with Crippen molar-refractivity contribution in [1.82, 2.24) is 38.2 Å². The fourth-order valence-corrected chi connectivity index (χ4v) is 15.2. The average molecular weight is 1500 g/mol. The third kappa shape index (κ3) is 15.0. The Labute approximate surface area is 643 Å². The van der Waals surface area contributed by atoms with Crippen LogP contribution >= 0.6 is 22.7 Å². The number of fused-ring (bicyclic) bond motifs is 12. The summed E-state index contributed by atoms with van der Waals surface area (Å²) in [5.74, 6) is 13.2. The summed E-state index contributed by atoms with van der Waals surface area (Å²) in [7, 11) is 0. The van der Waals surface area contributed by atoms with E-state index in [1.807, 2.05) is 154 Å². The second kappa shape index (κ2) is 33.1. The Hall–Kier alpha value is -12.8. The number of hydrogen-bond acceptors (Lipinski definition) is 20. The molecule has 0 N–H and O–H groups in total. The van der Waals surface area contributed by atoms with Crippen molar-refractivity contribution in [3.05, 3.63) is 297 Å². The van der Waals surface area contributed by atoms with Gasteiger partial charge in [-0.05, 0) is 105 Å². The molecule has 16 rings (SSSR count). The van der Waals surface area contributed by atoms with Crippen molar-refractivity contribution in [2.75, 3.05) is 27.0 Å². The molecule has 0 aliphatic carbocycles. The number of carbonyl (C=O) groups is 2. The van der Waals surface area contributed by atoms with E-state index in [2.05, 4.69) is 93.7 Å². The molecular weight excluding hydrogens is 1430 g/mol. The highest BCUT2D eigenvalue weighted by Gasteiger charge is 2.31. The molecule has 0 unspecified atom stereocenters. The lowest BCUT2D eigenvalue weighted by Gasteiger charge is -2.14. The van der Waals surface area contributed by atoms with Gasteiger partial charge >= 0.3 is 11.9 Å². The van der Waals surface area contributed by atoms with Crippen molar-refractivity contribution in [2.24, 2.45) is 20.0 Å². The number of aromatic nitrogens is 8. The van der Waals surface area contributed by atoms with Crippen LogP contribution in [0.3, 0.4) is 0 Å². The fraction of sp³-hybridized carbons (Fsp3) is 0.186. The number of rotatable bonds is 20. The van der Waals surface area contributed by atoms with Crippen LogP contribution in [0.1, 0.15) is 145 Å². The van der Waals surface area contributed by atoms with Gasteiger partial charge in [-0.3, -0.25) is 33.7 Å². The molecule has 6 aromatic heterocycles. The summed E-state index contributed by atoms with van der Waals surface area (Å²) in [6.45, 7) is 9.94. The van der Waals surface area contributed by atoms with Crippen LogP contribution in [-0.2, 0) is 77.9 Å². The van der Waals surface area contributed by atoms with Gasteiger partial charge in [0.05, 0.1) is 132 Å². The molecule has 0 bridgehead atoms. The molecule has 0 radical (unpaired) electrons. The second-order valence-electron chi connectivity index (χ2n) is 25.2. The number of terminal acetylenes is 3. The summed E-state index contributed by atoms with van der Waals surface area (Å²) in [4.78, 5) is 88.8. The minimum Gasteiger partial charge on any atom is -0.434 e. The van der Waals surface area contributed by atoms with E-state index < -0.39 is 18.5 Å². The van der Waals surface area contributed by atoms with Crippen LogP contribution < -0.4 is 4.74 Å². The fourth-order valence-electron chi connectivity index (χ4n) is 13.2. The molecule has 0 spiro atoms. The van der Waals surface area contributed by atoms with Gasteiger partial charge in [0.25, 0.3) is 0 Å². The summed E-state index contributed by atoms with van der Waals surface area (Å²) in [5.41, 5.74) is 23.2. The van der Waals surface area contributed by atoms with E-state index in [1.54, 1.807) is 25.3 Å². The topological polar surface area (TPSA) is 229 Å². The molecule has 24 heteroatoms. The van der Waals surface area contributed by atoms with Crippen molar-refractivity contribution < 1.29 is 48.1 Å². The van der Waals surface area contributed by atoms with E-state index in [-0.39, 0.29) is 65.7 Å². The minimum absolute atomic E-state index is 0. The van der Waals surface area contributed by atoms with Crippen LogP contribution in [-0.4, -0.2) is 100.0 Å². The number of aryl methyl sites for hydroxylation is 4. The van der Waals surface area contributed by atoms with Gasteiger partial charge in [0.1, 0.15) is 38.2 Å². The second-order valence-corrected chi connectivity index (χ2v) is 27.3. The smallest absolute Gasteiger partial charge is 0.361 e. The zero-order valence-corrected chi connectivity index (χ0v) is 61.4. The zero-order chi connectivity index (χ0) is 75.1. The number of aliphatic imine (C=N–C) groups is 4.